The van der Waals surface area contributed by atoms with Crippen LogP contribution in [-0.4, -0.2) is 38.3 Å². The number of ether oxygens (including phenoxy) is 2. The molecule has 7 nitrogen and oxygen atoms in total. The van der Waals surface area contributed by atoms with Crippen molar-refractivity contribution in [2.45, 2.75) is 32.7 Å². The molecule has 1 aromatic heterocycles. The zero-order valence-corrected chi connectivity index (χ0v) is 16.1. The van der Waals surface area contributed by atoms with Crippen molar-refractivity contribution in [2.75, 3.05) is 27.3 Å². The first-order valence-corrected chi connectivity index (χ1v) is 8.59. The summed E-state index contributed by atoms with van der Waals surface area (Å²) in [6.45, 7) is 7.85. The molecule has 2 rings (SSSR count). The van der Waals surface area contributed by atoms with Crippen LogP contribution in [0.1, 0.15) is 32.4 Å². The fourth-order valence-corrected chi connectivity index (χ4v) is 2.15. The van der Waals surface area contributed by atoms with Gasteiger partial charge in [0.15, 0.2) is 5.96 Å². The first kappa shape index (κ1) is 19.6. The molecule has 0 aliphatic carbocycles. The van der Waals surface area contributed by atoms with Crippen LogP contribution < -0.4 is 20.1 Å². The Kier molecular flexibility index (Phi) is 6.89. The van der Waals surface area contributed by atoms with Gasteiger partial charge in [-0.25, -0.2) is 4.98 Å². The minimum atomic E-state index is -0.0529. The lowest BCUT2D eigenvalue weighted by Crippen LogP contribution is -2.38. The number of benzene rings is 1. The largest absolute Gasteiger partial charge is 0.497 e. The van der Waals surface area contributed by atoms with Crippen molar-refractivity contribution in [1.82, 2.24) is 15.6 Å². The zero-order chi connectivity index (χ0) is 19.0. The molecule has 0 atom stereocenters. The average molecular weight is 360 g/mol. The maximum Gasteiger partial charge on any atom is 0.213 e. The van der Waals surface area contributed by atoms with E-state index in [-0.39, 0.29) is 5.41 Å². The van der Waals surface area contributed by atoms with Crippen LogP contribution in [0.4, 0.5) is 0 Å². The average Bonchev–Trinajstić information content (AvgIpc) is 3.11. The number of oxazole rings is 1. The molecule has 0 bridgehead atoms. The molecule has 0 amide bonds. The van der Waals surface area contributed by atoms with Crippen molar-refractivity contribution in [3.8, 4) is 11.5 Å². The van der Waals surface area contributed by atoms with Gasteiger partial charge in [0.25, 0.3) is 0 Å². The van der Waals surface area contributed by atoms with E-state index in [1.807, 2.05) is 24.3 Å². The van der Waals surface area contributed by atoms with Crippen LogP contribution in [0.2, 0.25) is 0 Å². The Morgan fingerprint density at radius 1 is 1.23 bits per heavy atom. The van der Waals surface area contributed by atoms with E-state index < -0.39 is 0 Å². The lowest BCUT2D eigenvalue weighted by atomic mass is 9.94. The van der Waals surface area contributed by atoms with Crippen molar-refractivity contribution in [1.29, 1.82) is 0 Å². The third-order valence-electron chi connectivity index (χ3n) is 3.63. The molecular weight excluding hydrogens is 332 g/mol. The van der Waals surface area contributed by atoms with Crippen molar-refractivity contribution in [2.24, 2.45) is 4.99 Å². The highest BCUT2D eigenvalue weighted by molar-refractivity contribution is 5.79. The zero-order valence-electron chi connectivity index (χ0n) is 16.1. The minimum absolute atomic E-state index is 0.0529. The number of rotatable bonds is 7. The molecule has 142 valence electrons. The van der Waals surface area contributed by atoms with E-state index in [2.05, 4.69) is 41.4 Å². The highest BCUT2D eigenvalue weighted by Gasteiger charge is 2.19. The fraction of sp³-hybridized carbons (Fsp3) is 0.474. The summed E-state index contributed by atoms with van der Waals surface area (Å²) >= 11 is 0. The second-order valence-electron chi connectivity index (χ2n) is 6.75. The van der Waals surface area contributed by atoms with Gasteiger partial charge in [0, 0.05) is 18.5 Å². The quantitative estimate of drug-likeness (QED) is 0.449. The number of guanidine groups is 1. The number of hydrogen-bond acceptors (Lipinski definition) is 5. The molecular formula is C19H28N4O3. The van der Waals surface area contributed by atoms with Crippen LogP contribution >= 0.6 is 0 Å². The predicted octanol–water partition coefficient (Wildman–Crippen LogP) is 2.72. The van der Waals surface area contributed by atoms with Crippen LogP contribution in [0.15, 0.2) is 39.9 Å². The Labute approximate surface area is 154 Å². The van der Waals surface area contributed by atoms with E-state index in [9.17, 15) is 0 Å². The van der Waals surface area contributed by atoms with Crippen molar-refractivity contribution >= 4 is 5.96 Å². The number of nitrogens with one attached hydrogen (secondary N) is 2. The van der Waals surface area contributed by atoms with Crippen LogP contribution in [-0.2, 0) is 12.0 Å². The summed E-state index contributed by atoms with van der Waals surface area (Å²) in [7, 11) is 3.35. The molecule has 0 aliphatic rings. The molecule has 0 saturated heterocycles. The molecule has 1 heterocycles. The summed E-state index contributed by atoms with van der Waals surface area (Å²) in [4.78, 5) is 8.47. The van der Waals surface area contributed by atoms with E-state index >= 15 is 0 Å². The van der Waals surface area contributed by atoms with E-state index in [4.69, 9.17) is 13.9 Å². The van der Waals surface area contributed by atoms with Gasteiger partial charge in [-0.2, -0.15) is 0 Å². The molecule has 2 aromatic rings. The van der Waals surface area contributed by atoms with E-state index in [1.165, 1.54) is 0 Å². The third kappa shape index (κ3) is 5.98. The van der Waals surface area contributed by atoms with Gasteiger partial charge in [-0.05, 0) is 12.1 Å². The molecule has 26 heavy (non-hydrogen) atoms. The fourth-order valence-electron chi connectivity index (χ4n) is 2.15. The molecule has 0 aliphatic heterocycles. The summed E-state index contributed by atoms with van der Waals surface area (Å²) in [5.74, 6) is 3.70. The van der Waals surface area contributed by atoms with Crippen LogP contribution in [0.3, 0.4) is 0 Å². The summed E-state index contributed by atoms with van der Waals surface area (Å²) in [5.41, 5.74) is -0.0529. The predicted molar refractivity (Wildman–Crippen MR) is 102 cm³/mol. The third-order valence-corrected chi connectivity index (χ3v) is 3.63. The van der Waals surface area contributed by atoms with Crippen LogP contribution in [0.25, 0.3) is 0 Å². The molecule has 0 saturated carbocycles. The first-order valence-electron chi connectivity index (χ1n) is 8.59. The smallest absolute Gasteiger partial charge is 0.213 e. The molecule has 0 radical (unpaired) electrons. The molecule has 1 aromatic carbocycles. The molecule has 0 fully saturated rings. The van der Waals surface area contributed by atoms with Gasteiger partial charge in [-0.3, -0.25) is 4.99 Å². The summed E-state index contributed by atoms with van der Waals surface area (Å²) in [6, 6.07) is 7.52. The number of nitrogens with zero attached hydrogens (tertiary/aromatic N) is 2. The van der Waals surface area contributed by atoms with Crippen molar-refractivity contribution < 1.29 is 13.9 Å². The van der Waals surface area contributed by atoms with Gasteiger partial charge in [0.2, 0.25) is 5.89 Å². The van der Waals surface area contributed by atoms with Crippen molar-refractivity contribution in [3.05, 3.63) is 42.1 Å². The number of methoxy groups -OCH3 is 1. The number of aliphatic imine (C=N–C) groups is 1. The van der Waals surface area contributed by atoms with Crippen LogP contribution in [0, 0.1) is 0 Å². The minimum Gasteiger partial charge on any atom is -0.497 e. The highest BCUT2D eigenvalue weighted by Crippen LogP contribution is 2.22. The topological polar surface area (TPSA) is 80.9 Å². The molecule has 2 N–H and O–H groups in total. The van der Waals surface area contributed by atoms with E-state index in [0.29, 0.717) is 31.5 Å². The standard InChI is InChI=1S/C19H28N4O3/c1-19(2,3)16-12-22-17(26-16)13-23-18(20-4)21-9-10-25-15-8-6-7-14(11-15)24-5/h6-8,11-12H,9-10,13H2,1-5H3,(H2,20,21,23). The first-order chi connectivity index (χ1) is 12.4. The van der Waals surface area contributed by atoms with Gasteiger partial charge in [-0.15, -0.1) is 0 Å². The Morgan fingerprint density at radius 3 is 2.65 bits per heavy atom. The summed E-state index contributed by atoms with van der Waals surface area (Å²) < 4.78 is 16.6. The number of aromatic nitrogens is 1. The normalized spacial score (nSPS) is 12.0. The molecule has 7 heteroatoms. The van der Waals surface area contributed by atoms with Gasteiger partial charge >= 0.3 is 0 Å². The van der Waals surface area contributed by atoms with E-state index in [1.54, 1.807) is 20.4 Å². The maximum atomic E-state index is 5.76. The van der Waals surface area contributed by atoms with Gasteiger partial charge in [0.1, 0.15) is 23.9 Å². The molecule has 0 unspecified atom stereocenters. The Hall–Kier alpha value is -2.70. The second-order valence-corrected chi connectivity index (χ2v) is 6.75. The lowest BCUT2D eigenvalue weighted by Gasteiger charge is -2.13. The van der Waals surface area contributed by atoms with E-state index in [0.717, 1.165) is 17.3 Å². The summed E-state index contributed by atoms with van der Waals surface area (Å²) in [6.07, 6.45) is 1.77. The maximum absolute atomic E-state index is 5.76. The SMILES string of the molecule is CN=C(NCCOc1cccc(OC)c1)NCc1ncc(C(C)(C)C)o1. The van der Waals surface area contributed by atoms with Crippen LogP contribution in [0.5, 0.6) is 11.5 Å². The summed E-state index contributed by atoms with van der Waals surface area (Å²) in [5, 5.41) is 6.36. The molecule has 0 spiro atoms. The lowest BCUT2D eigenvalue weighted by molar-refractivity contribution is 0.318. The monoisotopic (exact) mass is 360 g/mol. The van der Waals surface area contributed by atoms with Gasteiger partial charge in [-0.1, -0.05) is 26.8 Å². The Bertz CT molecular complexity index is 720. The Balaban J connectivity index is 1.73. The number of hydrogen-bond donors (Lipinski definition) is 2. The van der Waals surface area contributed by atoms with Gasteiger partial charge in [0.05, 0.1) is 26.4 Å². The van der Waals surface area contributed by atoms with Gasteiger partial charge < -0.3 is 24.5 Å². The Morgan fingerprint density at radius 2 is 2.00 bits per heavy atom. The second kappa shape index (κ2) is 9.12. The highest BCUT2D eigenvalue weighted by atomic mass is 16.5. The van der Waals surface area contributed by atoms with Crippen molar-refractivity contribution in [3.63, 3.8) is 0 Å².